The highest BCUT2D eigenvalue weighted by atomic mass is 32.2. The second-order valence-corrected chi connectivity index (χ2v) is 9.86. The molecule has 7 nitrogen and oxygen atoms in total. The number of carbonyl (C=O) groups is 1. The van der Waals surface area contributed by atoms with Crippen molar-refractivity contribution in [1.29, 1.82) is 0 Å². The van der Waals surface area contributed by atoms with Crippen LogP contribution in [-0.2, 0) is 32.1 Å². The minimum absolute atomic E-state index is 0.00306. The van der Waals surface area contributed by atoms with Gasteiger partial charge < -0.3 is 14.2 Å². The van der Waals surface area contributed by atoms with Gasteiger partial charge in [0, 0.05) is 36.1 Å². The molecule has 0 aliphatic heterocycles. The molecule has 1 aromatic heterocycles. The van der Waals surface area contributed by atoms with Gasteiger partial charge in [-0.2, -0.15) is 8.42 Å². The van der Waals surface area contributed by atoms with Crippen LogP contribution in [0.25, 0.3) is 22.2 Å². The van der Waals surface area contributed by atoms with Crippen molar-refractivity contribution in [2.75, 3.05) is 33.1 Å². The largest absolute Gasteiger partial charge is 0.496 e. The summed E-state index contributed by atoms with van der Waals surface area (Å²) in [6.45, 7) is 5.59. The predicted octanol–water partition coefficient (Wildman–Crippen LogP) is 3.80. The monoisotopic (exact) mass is 470 g/mol. The van der Waals surface area contributed by atoms with E-state index < -0.39 is 10.1 Å². The molecule has 0 saturated carbocycles. The van der Waals surface area contributed by atoms with E-state index in [0.29, 0.717) is 31.8 Å². The quantitative estimate of drug-likeness (QED) is 0.468. The lowest BCUT2D eigenvalue weighted by molar-refractivity contribution is -0.132. The lowest BCUT2D eigenvalue weighted by atomic mass is 9.80. The van der Waals surface area contributed by atoms with Gasteiger partial charge in [-0.1, -0.05) is 30.3 Å². The molecule has 1 aliphatic carbocycles. The van der Waals surface area contributed by atoms with Crippen LogP contribution in [-0.4, -0.2) is 56.9 Å². The number of benzene rings is 2. The maximum atomic E-state index is 13.7. The average molecular weight is 471 g/mol. The second kappa shape index (κ2) is 9.19. The molecule has 2 aromatic carbocycles. The average Bonchev–Trinajstić information content (AvgIpc) is 3.13. The molecule has 33 heavy (non-hydrogen) atoms. The van der Waals surface area contributed by atoms with E-state index in [0.717, 1.165) is 39.5 Å². The van der Waals surface area contributed by atoms with Crippen LogP contribution in [0.15, 0.2) is 42.5 Å². The Balaban J connectivity index is 2.00. The van der Waals surface area contributed by atoms with Crippen molar-refractivity contribution in [3.8, 4) is 17.0 Å². The van der Waals surface area contributed by atoms with Gasteiger partial charge in [0.2, 0.25) is 5.91 Å². The molecule has 3 aromatic rings. The van der Waals surface area contributed by atoms with Crippen molar-refractivity contribution in [1.82, 2.24) is 9.47 Å². The molecule has 8 heteroatoms. The van der Waals surface area contributed by atoms with Crippen LogP contribution < -0.4 is 4.74 Å². The van der Waals surface area contributed by atoms with Crippen LogP contribution in [0.2, 0.25) is 0 Å². The van der Waals surface area contributed by atoms with E-state index in [1.807, 2.05) is 49.1 Å². The zero-order chi connectivity index (χ0) is 23.8. The van der Waals surface area contributed by atoms with Gasteiger partial charge in [0.25, 0.3) is 10.1 Å². The normalized spacial score (nSPS) is 15.2. The Morgan fingerprint density at radius 1 is 1.12 bits per heavy atom. The number of carbonyl (C=O) groups excluding carboxylic acids is 1. The lowest BCUT2D eigenvalue weighted by Gasteiger charge is -2.30. The van der Waals surface area contributed by atoms with E-state index in [2.05, 4.69) is 16.7 Å². The number of methoxy groups -OCH3 is 1. The van der Waals surface area contributed by atoms with Crippen LogP contribution in [0.1, 0.15) is 30.9 Å². The van der Waals surface area contributed by atoms with Gasteiger partial charge in [-0.25, -0.2) is 0 Å². The number of aromatic nitrogens is 1. The standard InChI is InChI=1S/C25H30N2O5S/c1-5-26(6-2)25(28)19-16-17-10-7-8-11-18(17)24-22(19)23-20(12-9-13-21(23)31-3)27(24)14-15-32-33(4,29)30/h7-13,19H,5-6,14-16H2,1-4H3. The van der Waals surface area contributed by atoms with Gasteiger partial charge in [-0.3, -0.25) is 8.98 Å². The highest BCUT2D eigenvalue weighted by Gasteiger charge is 2.37. The van der Waals surface area contributed by atoms with Crippen molar-refractivity contribution in [3.63, 3.8) is 0 Å². The Morgan fingerprint density at radius 3 is 2.52 bits per heavy atom. The Kier molecular flexibility index (Phi) is 6.50. The molecule has 0 bridgehead atoms. The number of likely N-dealkylation sites (N-methyl/N-ethyl adjacent to an activating group) is 1. The first kappa shape index (κ1) is 23.3. The number of ether oxygens (including phenoxy) is 1. The van der Waals surface area contributed by atoms with Crippen molar-refractivity contribution in [2.24, 2.45) is 0 Å². The van der Waals surface area contributed by atoms with Crippen molar-refractivity contribution in [3.05, 3.63) is 53.6 Å². The maximum absolute atomic E-state index is 13.7. The van der Waals surface area contributed by atoms with Crippen LogP contribution >= 0.6 is 0 Å². The van der Waals surface area contributed by atoms with Crippen LogP contribution in [0.3, 0.4) is 0 Å². The minimum atomic E-state index is -3.57. The number of hydrogen-bond donors (Lipinski definition) is 0. The molecule has 4 rings (SSSR count). The van der Waals surface area contributed by atoms with Gasteiger partial charge in [0.15, 0.2) is 0 Å². The Hall–Kier alpha value is -2.84. The summed E-state index contributed by atoms with van der Waals surface area (Å²) < 4.78 is 36.1. The highest BCUT2D eigenvalue weighted by molar-refractivity contribution is 7.85. The topological polar surface area (TPSA) is 77.8 Å². The number of hydrogen-bond acceptors (Lipinski definition) is 5. The van der Waals surface area contributed by atoms with E-state index in [9.17, 15) is 13.2 Å². The highest BCUT2D eigenvalue weighted by Crippen LogP contribution is 2.48. The van der Waals surface area contributed by atoms with Gasteiger partial charge in [0.05, 0.1) is 37.1 Å². The summed E-state index contributed by atoms with van der Waals surface area (Å²) in [5.41, 5.74) is 4.91. The summed E-state index contributed by atoms with van der Waals surface area (Å²) in [6, 6.07) is 13.9. The molecule has 176 valence electrons. The van der Waals surface area contributed by atoms with Crippen LogP contribution in [0.5, 0.6) is 5.75 Å². The fraction of sp³-hybridized carbons (Fsp3) is 0.400. The van der Waals surface area contributed by atoms with Gasteiger partial charge in [0.1, 0.15) is 5.75 Å². The predicted molar refractivity (Wildman–Crippen MR) is 129 cm³/mol. The Bertz CT molecular complexity index is 1290. The second-order valence-electron chi connectivity index (χ2n) is 8.22. The summed E-state index contributed by atoms with van der Waals surface area (Å²) >= 11 is 0. The zero-order valence-electron chi connectivity index (χ0n) is 19.5. The van der Waals surface area contributed by atoms with Gasteiger partial charge in [-0.15, -0.1) is 0 Å². The summed E-state index contributed by atoms with van der Waals surface area (Å²) in [4.78, 5) is 15.6. The molecule has 1 aliphatic rings. The number of nitrogens with zero attached hydrogens (tertiary/aromatic N) is 2. The molecule has 0 fully saturated rings. The van der Waals surface area contributed by atoms with Crippen molar-refractivity contribution in [2.45, 2.75) is 32.7 Å². The van der Waals surface area contributed by atoms with Gasteiger partial charge in [-0.05, 0) is 38.0 Å². The Labute approximate surface area is 195 Å². The molecule has 0 spiro atoms. The van der Waals surface area contributed by atoms with Crippen molar-refractivity contribution < 1.29 is 22.1 Å². The van der Waals surface area contributed by atoms with E-state index in [4.69, 9.17) is 8.92 Å². The maximum Gasteiger partial charge on any atom is 0.264 e. The summed E-state index contributed by atoms with van der Waals surface area (Å²) in [7, 11) is -1.94. The molecule has 0 saturated heterocycles. The zero-order valence-corrected chi connectivity index (χ0v) is 20.3. The minimum Gasteiger partial charge on any atom is -0.496 e. The molecular weight excluding hydrogens is 440 g/mol. The van der Waals surface area contributed by atoms with E-state index in [-0.39, 0.29) is 18.4 Å². The molecule has 1 heterocycles. The Morgan fingerprint density at radius 2 is 1.85 bits per heavy atom. The smallest absolute Gasteiger partial charge is 0.264 e. The number of rotatable bonds is 8. The third-order valence-electron chi connectivity index (χ3n) is 6.34. The van der Waals surface area contributed by atoms with E-state index in [1.54, 1.807) is 7.11 Å². The molecule has 1 unspecified atom stereocenters. The fourth-order valence-electron chi connectivity index (χ4n) is 4.93. The van der Waals surface area contributed by atoms with Gasteiger partial charge >= 0.3 is 0 Å². The fourth-order valence-corrected chi connectivity index (χ4v) is 5.31. The summed E-state index contributed by atoms with van der Waals surface area (Å²) in [5, 5.41) is 0.898. The third-order valence-corrected chi connectivity index (χ3v) is 6.93. The molecule has 0 N–H and O–H groups in total. The third kappa shape index (κ3) is 4.25. The molecule has 0 radical (unpaired) electrons. The first-order valence-electron chi connectivity index (χ1n) is 11.2. The van der Waals surface area contributed by atoms with Crippen molar-refractivity contribution >= 4 is 26.9 Å². The van der Waals surface area contributed by atoms with Crippen LogP contribution in [0, 0.1) is 0 Å². The van der Waals surface area contributed by atoms with E-state index >= 15 is 0 Å². The van der Waals surface area contributed by atoms with E-state index in [1.165, 1.54) is 0 Å². The first-order valence-corrected chi connectivity index (χ1v) is 13.0. The summed E-state index contributed by atoms with van der Waals surface area (Å²) in [6.07, 6.45) is 1.66. The molecular formula is C25H30N2O5S. The number of fused-ring (bicyclic) bond motifs is 5. The summed E-state index contributed by atoms with van der Waals surface area (Å²) in [5.74, 6) is 0.432. The lowest BCUT2D eigenvalue weighted by Crippen LogP contribution is -2.36. The molecule has 1 amide bonds. The SMILES string of the molecule is CCN(CC)C(=O)C1Cc2ccccc2-c2c1c1c(OC)cccc1n2CCOS(C)(=O)=O. The van der Waals surface area contributed by atoms with Crippen LogP contribution in [0.4, 0.5) is 0 Å². The number of amides is 1. The molecule has 1 atom stereocenters. The first-order chi connectivity index (χ1) is 15.8.